The van der Waals surface area contributed by atoms with Gasteiger partial charge in [0.05, 0.1) is 18.9 Å². The maximum absolute atomic E-state index is 13.0. The van der Waals surface area contributed by atoms with Crippen LogP contribution in [0.5, 0.6) is 0 Å². The lowest BCUT2D eigenvalue weighted by Crippen LogP contribution is -2.45. The molecular weight excluding hydrogens is 378 g/mol. The summed E-state index contributed by atoms with van der Waals surface area (Å²) in [6.07, 6.45) is 4.08. The Morgan fingerprint density at radius 1 is 1.21 bits per heavy atom. The van der Waals surface area contributed by atoms with Crippen LogP contribution in [0.25, 0.3) is 0 Å². The van der Waals surface area contributed by atoms with Crippen molar-refractivity contribution in [3.8, 4) is 0 Å². The second-order valence-corrected chi connectivity index (χ2v) is 7.64. The number of halogens is 1. The molecule has 0 spiro atoms. The summed E-state index contributed by atoms with van der Waals surface area (Å²) in [7, 11) is 0. The average Bonchev–Trinajstić information content (AvgIpc) is 2.73. The zero-order valence-corrected chi connectivity index (χ0v) is 17.1. The van der Waals surface area contributed by atoms with E-state index in [2.05, 4.69) is 10.2 Å². The number of amides is 2. The van der Waals surface area contributed by atoms with E-state index in [0.29, 0.717) is 38.0 Å². The molecule has 1 N–H and O–H groups in total. The highest BCUT2D eigenvalue weighted by Gasteiger charge is 2.28. The van der Waals surface area contributed by atoms with Crippen LogP contribution in [0, 0.1) is 5.92 Å². The molecule has 152 valence electrons. The van der Waals surface area contributed by atoms with Crippen LogP contribution in [0.15, 0.2) is 36.0 Å². The summed E-state index contributed by atoms with van der Waals surface area (Å²) >= 11 is 5.78. The number of rotatable bonds is 7. The van der Waals surface area contributed by atoms with Crippen LogP contribution < -0.4 is 10.2 Å². The van der Waals surface area contributed by atoms with Gasteiger partial charge in [0, 0.05) is 43.3 Å². The third kappa shape index (κ3) is 5.26. The van der Waals surface area contributed by atoms with Crippen molar-refractivity contribution in [3.63, 3.8) is 0 Å². The summed E-state index contributed by atoms with van der Waals surface area (Å²) < 4.78 is 5.38. The third-order valence-corrected chi connectivity index (χ3v) is 5.62. The molecule has 1 atom stereocenters. The Kier molecular flexibility index (Phi) is 7.34. The Morgan fingerprint density at radius 3 is 2.61 bits per heavy atom. The van der Waals surface area contributed by atoms with Crippen molar-refractivity contribution in [1.82, 2.24) is 4.90 Å². The third-order valence-electron chi connectivity index (χ3n) is 5.10. The smallest absolute Gasteiger partial charge is 0.274 e. The number of hydrogen-bond acceptors (Lipinski definition) is 4. The molecule has 1 saturated heterocycles. The van der Waals surface area contributed by atoms with Gasteiger partial charge in [0.25, 0.3) is 5.91 Å². The first-order valence-electron chi connectivity index (χ1n) is 9.89. The maximum Gasteiger partial charge on any atom is 0.274 e. The first kappa shape index (κ1) is 20.7. The van der Waals surface area contributed by atoms with Crippen LogP contribution in [0.1, 0.15) is 26.2 Å². The molecule has 6 nitrogen and oxygen atoms in total. The van der Waals surface area contributed by atoms with Crippen LogP contribution in [0.3, 0.4) is 0 Å². The van der Waals surface area contributed by atoms with Gasteiger partial charge in [-0.15, -0.1) is 11.6 Å². The minimum atomic E-state index is -0.0173. The highest BCUT2D eigenvalue weighted by Crippen LogP contribution is 2.25. The SMILES string of the molecule is CC(CCl)CCC(=O)Nc1ccc(N2CCC=C(N3CCOCC3)C2=O)cc1. The number of anilines is 2. The zero-order valence-electron chi connectivity index (χ0n) is 16.3. The van der Waals surface area contributed by atoms with E-state index in [1.165, 1.54) is 0 Å². The molecule has 0 saturated carbocycles. The van der Waals surface area contributed by atoms with Crippen LogP contribution >= 0.6 is 11.6 Å². The number of ether oxygens (including phenoxy) is 1. The molecule has 0 radical (unpaired) electrons. The molecule has 1 aromatic rings. The van der Waals surface area contributed by atoms with Crippen molar-refractivity contribution < 1.29 is 14.3 Å². The van der Waals surface area contributed by atoms with Gasteiger partial charge in [-0.3, -0.25) is 9.59 Å². The molecule has 2 aliphatic heterocycles. The highest BCUT2D eigenvalue weighted by atomic mass is 35.5. The molecule has 7 heteroatoms. The number of nitrogens with one attached hydrogen (secondary N) is 1. The fraction of sp³-hybridized carbons (Fsp3) is 0.524. The van der Waals surface area contributed by atoms with Gasteiger partial charge < -0.3 is 19.9 Å². The summed E-state index contributed by atoms with van der Waals surface area (Å²) in [5.74, 6) is 0.900. The van der Waals surface area contributed by atoms with E-state index in [1.54, 1.807) is 4.90 Å². The van der Waals surface area contributed by atoms with Crippen molar-refractivity contribution >= 4 is 34.8 Å². The van der Waals surface area contributed by atoms with Gasteiger partial charge in [0.1, 0.15) is 0 Å². The van der Waals surface area contributed by atoms with Gasteiger partial charge in [-0.1, -0.05) is 13.0 Å². The van der Waals surface area contributed by atoms with Gasteiger partial charge in [0.15, 0.2) is 0 Å². The maximum atomic E-state index is 13.0. The number of hydrogen-bond donors (Lipinski definition) is 1. The van der Waals surface area contributed by atoms with Crippen molar-refractivity contribution in [2.75, 3.05) is 48.9 Å². The van der Waals surface area contributed by atoms with Gasteiger partial charge in [0.2, 0.25) is 5.91 Å². The predicted octanol–water partition coefficient (Wildman–Crippen LogP) is 3.23. The molecule has 2 heterocycles. The van der Waals surface area contributed by atoms with E-state index >= 15 is 0 Å². The molecular formula is C21H28ClN3O3. The molecule has 2 amide bonds. The van der Waals surface area contributed by atoms with E-state index in [-0.39, 0.29) is 11.8 Å². The number of benzene rings is 1. The standard InChI is InChI=1S/C21H28ClN3O3/c1-16(15-22)4-9-20(26)23-17-5-7-18(8-6-17)25-10-2-3-19(21(25)27)24-11-13-28-14-12-24/h3,5-8,16H,2,4,9-15H2,1H3,(H,23,26). The predicted molar refractivity (Wildman–Crippen MR) is 112 cm³/mol. The number of carbonyl (C=O) groups excluding carboxylic acids is 2. The number of carbonyl (C=O) groups is 2. The van der Waals surface area contributed by atoms with Crippen LogP contribution in [0.2, 0.25) is 0 Å². The summed E-state index contributed by atoms with van der Waals surface area (Å²) in [6, 6.07) is 7.46. The summed E-state index contributed by atoms with van der Waals surface area (Å²) in [6.45, 7) is 5.50. The minimum Gasteiger partial charge on any atom is -0.378 e. The average molecular weight is 406 g/mol. The Hall–Kier alpha value is -2.05. The summed E-state index contributed by atoms with van der Waals surface area (Å²) in [5.41, 5.74) is 2.35. The topological polar surface area (TPSA) is 61.9 Å². The van der Waals surface area contributed by atoms with E-state index in [0.717, 1.165) is 43.0 Å². The summed E-state index contributed by atoms with van der Waals surface area (Å²) in [5, 5.41) is 2.90. The van der Waals surface area contributed by atoms with Crippen molar-refractivity contribution in [2.45, 2.75) is 26.2 Å². The number of alkyl halides is 1. The fourth-order valence-corrected chi connectivity index (χ4v) is 3.53. The molecule has 1 aromatic carbocycles. The van der Waals surface area contributed by atoms with Gasteiger partial charge in [-0.25, -0.2) is 0 Å². The quantitative estimate of drug-likeness (QED) is 0.707. The van der Waals surface area contributed by atoms with Gasteiger partial charge in [-0.05, 0) is 43.0 Å². The Balaban J connectivity index is 1.59. The van der Waals surface area contributed by atoms with Crippen molar-refractivity contribution in [3.05, 3.63) is 36.0 Å². The monoisotopic (exact) mass is 405 g/mol. The first-order valence-corrected chi connectivity index (χ1v) is 10.4. The molecule has 0 bridgehead atoms. The van der Waals surface area contributed by atoms with Crippen molar-refractivity contribution in [2.24, 2.45) is 5.92 Å². The molecule has 1 unspecified atom stereocenters. The van der Waals surface area contributed by atoms with Gasteiger partial charge >= 0.3 is 0 Å². The Labute approximate surface area is 171 Å². The first-order chi connectivity index (χ1) is 13.6. The molecule has 1 fully saturated rings. The lowest BCUT2D eigenvalue weighted by molar-refractivity contribution is -0.118. The van der Waals surface area contributed by atoms with E-state index < -0.39 is 0 Å². The Bertz CT molecular complexity index is 714. The lowest BCUT2D eigenvalue weighted by Gasteiger charge is -2.35. The van der Waals surface area contributed by atoms with Crippen LogP contribution in [-0.4, -0.2) is 55.4 Å². The van der Waals surface area contributed by atoms with Crippen LogP contribution in [0.4, 0.5) is 11.4 Å². The van der Waals surface area contributed by atoms with Crippen molar-refractivity contribution in [1.29, 1.82) is 0 Å². The minimum absolute atomic E-state index is 0.0173. The normalized spacial score (nSPS) is 18.6. The zero-order chi connectivity index (χ0) is 19.9. The fourth-order valence-electron chi connectivity index (χ4n) is 3.38. The lowest BCUT2D eigenvalue weighted by atomic mass is 10.1. The molecule has 0 aliphatic carbocycles. The Morgan fingerprint density at radius 2 is 1.93 bits per heavy atom. The largest absolute Gasteiger partial charge is 0.378 e. The molecule has 0 aromatic heterocycles. The van der Waals surface area contributed by atoms with E-state index in [4.69, 9.17) is 16.3 Å². The second-order valence-electron chi connectivity index (χ2n) is 7.33. The highest BCUT2D eigenvalue weighted by molar-refractivity contribution is 6.18. The molecule has 2 aliphatic rings. The number of nitrogens with zero attached hydrogens (tertiary/aromatic N) is 2. The summed E-state index contributed by atoms with van der Waals surface area (Å²) in [4.78, 5) is 28.9. The van der Waals surface area contributed by atoms with Gasteiger partial charge in [-0.2, -0.15) is 0 Å². The molecule has 28 heavy (non-hydrogen) atoms. The van der Waals surface area contributed by atoms with E-state index in [9.17, 15) is 9.59 Å². The molecule has 3 rings (SSSR count). The number of morpholine rings is 1. The second kappa shape index (κ2) is 9.94. The van der Waals surface area contributed by atoms with E-state index in [1.807, 2.05) is 37.3 Å². The van der Waals surface area contributed by atoms with Crippen LogP contribution in [-0.2, 0) is 14.3 Å².